The van der Waals surface area contributed by atoms with Crippen molar-refractivity contribution in [1.82, 2.24) is 0 Å². The Hall–Kier alpha value is -1.36. The smallest absolute Gasteiger partial charge is 0.363 e. The van der Waals surface area contributed by atoms with Crippen molar-refractivity contribution in [3.63, 3.8) is 0 Å². The van der Waals surface area contributed by atoms with Gasteiger partial charge in [-0.3, -0.25) is 4.79 Å². The Morgan fingerprint density at radius 3 is 1.71 bits per heavy atom. The molecule has 0 saturated carbocycles. The van der Waals surface area contributed by atoms with Gasteiger partial charge in [-0.05, 0) is 0 Å². The summed E-state index contributed by atoms with van der Waals surface area (Å²) in [7, 11) is 4.91. The fourth-order valence-corrected chi connectivity index (χ4v) is 1.33. The molecule has 5 nitrogen and oxygen atoms in total. The van der Waals surface area contributed by atoms with Gasteiger partial charge in [0.15, 0.2) is 0 Å². The van der Waals surface area contributed by atoms with Crippen LogP contribution in [0.2, 0.25) is 0 Å². The molecule has 0 heterocycles. The molecule has 0 aromatic heterocycles. The van der Waals surface area contributed by atoms with Gasteiger partial charge >= 0.3 is 11.9 Å². The number of carboxylic acids is 2. The van der Waals surface area contributed by atoms with Gasteiger partial charge in [-0.1, -0.05) is 6.08 Å². The summed E-state index contributed by atoms with van der Waals surface area (Å²) in [6, 6.07) is -1.02. The predicted octanol–water partition coefficient (Wildman–Crippen LogP) is 0.0326. The summed E-state index contributed by atoms with van der Waals surface area (Å²) < 4.78 is 0.0400. The maximum atomic E-state index is 10.9. The van der Waals surface area contributed by atoms with Crippen LogP contribution in [0.25, 0.3) is 0 Å². The van der Waals surface area contributed by atoms with Crippen molar-refractivity contribution in [2.75, 3.05) is 21.1 Å². The summed E-state index contributed by atoms with van der Waals surface area (Å²) in [5.41, 5.74) is 0. The van der Waals surface area contributed by atoms with Crippen molar-refractivity contribution >= 4 is 11.9 Å². The van der Waals surface area contributed by atoms with Crippen LogP contribution in [0.5, 0.6) is 0 Å². The first-order valence-corrected chi connectivity index (χ1v) is 4.11. The third-order valence-corrected chi connectivity index (χ3v) is 1.97. The number of aliphatic carboxylic acids is 2. The fourth-order valence-electron chi connectivity index (χ4n) is 1.33. The molecule has 0 bridgehead atoms. The molecule has 0 radical (unpaired) electrons. The number of carbonyl (C=O) groups is 2. The van der Waals surface area contributed by atoms with Gasteiger partial charge in [0.2, 0.25) is 6.04 Å². The first-order valence-electron chi connectivity index (χ1n) is 4.11. The molecular weight excluding hydrogens is 186 g/mol. The third kappa shape index (κ3) is 2.85. The summed E-state index contributed by atoms with van der Waals surface area (Å²) in [6.45, 7) is 3.34. The van der Waals surface area contributed by atoms with Crippen LogP contribution in [0.4, 0.5) is 0 Å². The second-order valence-corrected chi connectivity index (χ2v) is 4.00. The summed E-state index contributed by atoms with van der Waals surface area (Å²) >= 11 is 0. The highest BCUT2D eigenvalue weighted by Crippen LogP contribution is 2.16. The normalized spacial score (nSPS) is 15.6. The highest BCUT2D eigenvalue weighted by molar-refractivity contribution is 5.83. The van der Waals surface area contributed by atoms with Gasteiger partial charge in [-0.2, -0.15) is 0 Å². The molecule has 0 rings (SSSR count). The molecule has 0 aromatic rings. The summed E-state index contributed by atoms with van der Waals surface area (Å²) in [5, 5.41) is 17.7. The van der Waals surface area contributed by atoms with Crippen LogP contribution in [0.15, 0.2) is 12.7 Å². The van der Waals surface area contributed by atoms with Crippen molar-refractivity contribution in [1.29, 1.82) is 0 Å². The van der Waals surface area contributed by atoms with Gasteiger partial charge in [-0.25, -0.2) is 4.79 Å². The Balaban J connectivity index is 5.09. The molecule has 0 aliphatic carbocycles. The zero-order chi connectivity index (χ0) is 11.5. The monoisotopic (exact) mass is 202 g/mol. The number of quaternary nitrogens is 1. The summed E-state index contributed by atoms with van der Waals surface area (Å²) in [4.78, 5) is 21.7. The number of likely N-dealkylation sites (N-methyl/N-ethyl adjacent to an activating group) is 1. The molecule has 0 fully saturated rings. The van der Waals surface area contributed by atoms with E-state index in [1.165, 1.54) is 0 Å². The van der Waals surface area contributed by atoms with E-state index in [1.807, 2.05) is 0 Å². The van der Waals surface area contributed by atoms with Gasteiger partial charge in [0.05, 0.1) is 21.1 Å². The molecule has 0 amide bonds. The molecule has 0 aliphatic heterocycles. The van der Waals surface area contributed by atoms with Crippen molar-refractivity contribution in [2.45, 2.75) is 6.04 Å². The van der Waals surface area contributed by atoms with Gasteiger partial charge in [0.1, 0.15) is 5.92 Å². The topological polar surface area (TPSA) is 74.6 Å². The van der Waals surface area contributed by atoms with Crippen LogP contribution in [0.3, 0.4) is 0 Å². The third-order valence-electron chi connectivity index (χ3n) is 1.97. The Bertz CT molecular complexity index is 254. The van der Waals surface area contributed by atoms with E-state index in [9.17, 15) is 9.59 Å². The molecule has 80 valence electrons. The summed E-state index contributed by atoms with van der Waals surface area (Å²) in [6.07, 6.45) is 1.16. The molecular formula is C9H16NO4+. The molecule has 2 atom stereocenters. The fraction of sp³-hybridized carbons (Fsp3) is 0.556. The molecule has 5 heteroatoms. The Labute approximate surface area is 82.9 Å². The predicted molar refractivity (Wildman–Crippen MR) is 50.8 cm³/mol. The second kappa shape index (κ2) is 4.23. The Kier molecular flexibility index (Phi) is 3.82. The quantitative estimate of drug-likeness (QED) is 0.487. The minimum Gasteiger partial charge on any atom is -0.481 e. The van der Waals surface area contributed by atoms with Crippen LogP contribution in [0.1, 0.15) is 0 Å². The van der Waals surface area contributed by atoms with Gasteiger partial charge in [0, 0.05) is 0 Å². The molecule has 0 aliphatic rings. The van der Waals surface area contributed by atoms with Crippen molar-refractivity contribution < 1.29 is 24.3 Å². The molecule has 0 spiro atoms. The molecule has 0 aromatic carbocycles. The number of carboxylic acid groups (broad SMARTS) is 2. The highest BCUT2D eigenvalue weighted by atomic mass is 16.4. The number of nitrogens with zero attached hydrogens (tertiary/aromatic N) is 1. The van der Waals surface area contributed by atoms with Crippen molar-refractivity contribution in [3.05, 3.63) is 12.7 Å². The molecule has 2 N–H and O–H groups in total. The zero-order valence-electron chi connectivity index (χ0n) is 8.60. The first-order chi connectivity index (χ1) is 6.21. The first kappa shape index (κ1) is 12.6. The lowest BCUT2D eigenvalue weighted by atomic mass is 9.98. The van der Waals surface area contributed by atoms with E-state index in [4.69, 9.17) is 10.2 Å². The lowest BCUT2D eigenvalue weighted by Crippen LogP contribution is -2.55. The van der Waals surface area contributed by atoms with Crippen LogP contribution in [0, 0.1) is 5.92 Å². The van der Waals surface area contributed by atoms with E-state index in [0.717, 1.165) is 6.08 Å². The van der Waals surface area contributed by atoms with Crippen molar-refractivity contribution in [3.8, 4) is 0 Å². The van der Waals surface area contributed by atoms with E-state index in [1.54, 1.807) is 21.1 Å². The zero-order valence-corrected chi connectivity index (χ0v) is 8.60. The van der Waals surface area contributed by atoms with Gasteiger partial charge in [0.25, 0.3) is 0 Å². The highest BCUT2D eigenvalue weighted by Gasteiger charge is 2.41. The van der Waals surface area contributed by atoms with Crippen molar-refractivity contribution in [2.24, 2.45) is 5.92 Å². The lowest BCUT2D eigenvalue weighted by Gasteiger charge is -2.33. The van der Waals surface area contributed by atoms with Gasteiger partial charge in [-0.15, -0.1) is 6.58 Å². The minimum atomic E-state index is -1.17. The average molecular weight is 202 g/mol. The Morgan fingerprint density at radius 1 is 1.21 bits per heavy atom. The lowest BCUT2D eigenvalue weighted by molar-refractivity contribution is -0.889. The average Bonchev–Trinajstić information content (AvgIpc) is 1.95. The van der Waals surface area contributed by atoms with Crippen LogP contribution >= 0.6 is 0 Å². The van der Waals surface area contributed by atoms with Gasteiger partial charge < -0.3 is 14.7 Å². The molecule has 14 heavy (non-hydrogen) atoms. The van der Waals surface area contributed by atoms with E-state index >= 15 is 0 Å². The number of rotatable bonds is 5. The van der Waals surface area contributed by atoms with Crippen LogP contribution in [-0.2, 0) is 9.59 Å². The number of hydrogen-bond acceptors (Lipinski definition) is 2. The van der Waals surface area contributed by atoms with Crippen LogP contribution < -0.4 is 0 Å². The standard InChI is InChI=1S/C9H15NO4/c1-5-6(8(11)12)7(9(13)14)10(2,3)4/h5-7H,1H2,2-4H3,(H-,11,12,13,14)/p+1. The second-order valence-electron chi connectivity index (χ2n) is 4.00. The maximum absolute atomic E-state index is 10.9. The summed E-state index contributed by atoms with van der Waals surface area (Å²) in [5.74, 6) is -3.38. The molecule has 2 unspecified atom stereocenters. The Morgan fingerprint density at radius 2 is 1.64 bits per heavy atom. The molecule has 0 saturated heterocycles. The SMILES string of the molecule is C=CC(C(=O)O)C(C(=O)O)[N+](C)(C)C. The number of hydrogen-bond donors (Lipinski definition) is 2. The minimum absolute atomic E-state index is 0.0400. The maximum Gasteiger partial charge on any atom is 0.363 e. The van der Waals surface area contributed by atoms with E-state index in [-0.39, 0.29) is 4.48 Å². The van der Waals surface area contributed by atoms with E-state index < -0.39 is 23.9 Å². The largest absolute Gasteiger partial charge is 0.481 e. The van der Waals surface area contributed by atoms with E-state index in [2.05, 4.69) is 6.58 Å². The van der Waals surface area contributed by atoms with Crippen LogP contribution in [-0.4, -0.2) is 53.8 Å². The van der Waals surface area contributed by atoms with E-state index in [0.29, 0.717) is 0 Å².